The molecule has 4 heterocycles. The second-order valence-corrected chi connectivity index (χ2v) is 6.63. The average molecular weight is 290 g/mol. The number of carbonyl (C=O) groups is 1. The minimum atomic E-state index is -0.0856. The largest absolute Gasteiger partial charge is 0.370 e. The molecule has 114 valence electrons. The molecule has 1 aromatic rings. The van der Waals surface area contributed by atoms with E-state index < -0.39 is 0 Å². The molecule has 1 amide bonds. The van der Waals surface area contributed by atoms with E-state index in [4.69, 9.17) is 4.74 Å². The molecule has 1 unspecified atom stereocenters. The Labute approximate surface area is 124 Å². The van der Waals surface area contributed by atoms with Gasteiger partial charge in [-0.1, -0.05) is 0 Å². The summed E-state index contributed by atoms with van der Waals surface area (Å²) in [7, 11) is 1.83. The second-order valence-electron chi connectivity index (χ2n) is 6.63. The Balaban J connectivity index is 1.35. The molecule has 3 fully saturated rings. The Hall–Kier alpha value is -1.40. The molecule has 1 atom stereocenters. The van der Waals surface area contributed by atoms with Gasteiger partial charge in [0.25, 0.3) is 5.91 Å². The van der Waals surface area contributed by atoms with Gasteiger partial charge >= 0.3 is 0 Å². The van der Waals surface area contributed by atoms with E-state index in [0.29, 0.717) is 24.8 Å². The SMILES string of the molecule is Cn1ccc(C(=O)N2CC3(CC(N4CCCC4)CO3)C2)n1. The van der Waals surface area contributed by atoms with Crippen molar-refractivity contribution in [1.29, 1.82) is 0 Å². The van der Waals surface area contributed by atoms with Gasteiger partial charge in [-0.05, 0) is 38.4 Å². The van der Waals surface area contributed by atoms with Crippen LogP contribution in [0, 0.1) is 0 Å². The van der Waals surface area contributed by atoms with Crippen molar-refractivity contribution in [3.05, 3.63) is 18.0 Å². The lowest BCUT2D eigenvalue weighted by molar-refractivity contribution is -0.0952. The Bertz CT molecular complexity index is 544. The van der Waals surface area contributed by atoms with Crippen molar-refractivity contribution < 1.29 is 9.53 Å². The standard InChI is InChI=1S/C15H22N4O2/c1-17-7-4-13(16-17)14(20)19-10-15(11-19)8-12(9-21-15)18-5-2-3-6-18/h4,7,12H,2-3,5-6,8-11H2,1H3. The van der Waals surface area contributed by atoms with Crippen LogP contribution in [0.4, 0.5) is 0 Å². The third-order valence-corrected chi connectivity index (χ3v) is 5.02. The van der Waals surface area contributed by atoms with Crippen LogP contribution in [0.25, 0.3) is 0 Å². The highest BCUT2D eigenvalue weighted by molar-refractivity contribution is 5.93. The van der Waals surface area contributed by atoms with Gasteiger partial charge in [0, 0.05) is 19.3 Å². The predicted octanol–water partition coefficient (Wildman–Crippen LogP) is 0.499. The highest BCUT2D eigenvalue weighted by Gasteiger charge is 2.52. The molecular formula is C15H22N4O2. The minimum absolute atomic E-state index is 0.0226. The summed E-state index contributed by atoms with van der Waals surface area (Å²) in [6.45, 7) is 4.67. The van der Waals surface area contributed by atoms with Crippen LogP contribution < -0.4 is 0 Å². The summed E-state index contributed by atoms with van der Waals surface area (Å²) in [4.78, 5) is 16.7. The molecule has 1 spiro atoms. The average Bonchev–Trinajstić information content (AvgIpc) is 3.15. The lowest BCUT2D eigenvalue weighted by Gasteiger charge is -2.47. The van der Waals surface area contributed by atoms with Gasteiger partial charge in [-0.3, -0.25) is 14.4 Å². The Morgan fingerprint density at radius 2 is 2.14 bits per heavy atom. The number of ether oxygens (including phenoxy) is 1. The lowest BCUT2D eigenvalue weighted by Crippen LogP contribution is -2.63. The second kappa shape index (κ2) is 4.81. The molecule has 0 bridgehead atoms. The van der Waals surface area contributed by atoms with Gasteiger partial charge in [0.05, 0.1) is 19.7 Å². The van der Waals surface area contributed by atoms with Crippen LogP contribution in [0.2, 0.25) is 0 Å². The van der Waals surface area contributed by atoms with Crippen molar-refractivity contribution in [2.45, 2.75) is 30.9 Å². The van der Waals surface area contributed by atoms with E-state index in [-0.39, 0.29) is 11.5 Å². The van der Waals surface area contributed by atoms with E-state index >= 15 is 0 Å². The van der Waals surface area contributed by atoms with E-state index in [1.54, 1.807) is 16.9 Å². The summed E-state index contributed by atoms with van der Waals surface area (Å²) in [6.07, 6.45) is 5.50. The first-order valence-corrected chi connectivity index (χ1v) is 7.82. The Morgan fingerprint density at radius 3 is 2.81 bits per heavy atom. The molecule has 0 saturated carbocycles. The molecule has 0 N–H and O–H groups in total. The summed E-state index contributed by atoms with van der Waals surface area (Å²) in [5, 5.41) is 4.18. The van der Waals surface area contributed by atoms with Crippen molar-refractivity contribution in [1.82, 2.24) is 19.6 Å². The zero-order chi connectivity index (χ0) is 14.4. The third-order valence-electron chi connectivity index (χ3n) is 5.02. The van der Waals surface area contributed by atoms with Crippen LogP contribution in [0.3, 0.4) is 0 Å². The van der Waals surface area contributed by atoms with Gasteiger partial charge in [0.2, 0.25) is 0 Å². The number of hydrogen-bond acceptors (Lipinski definition) is 4. The van der Waals surface area contributed by atoms with E-state index in [1.165, 1.54) is 25.9 Å². The first-order valence-electron chi connectivity index (χ1n) is 7.82. The number of nitrogens with zero attached hydrogens (tertiary/aromatic N) is 4. The summed E-state index contributed by atoms with van der Waals surface area (Å²) in [5.41, 5.74) is 0.443. The molecule has 0 aliphatic carbocycles. The van der Waals surface area contributed by atoms with Crippen molar-refractivity contribution in [2.75, 3.05) is 32.8 Å². The van der Waals surface area contributed by atoms with Gasteiger partial charge in [0.1, 0.15) is 11.3 Å². The van der Waals surface area contributed by atoms with Gasteiger partial charge in [-0.25, -0.2) is 0 Å². The Kier molecular flexibility index (Phi) is 3.04. The molecule has 1 aromatic heterocycles. The number of aryl methyl sites for hydroxylation is 1. The van der Waals surface area contributed by atoms with Crippen molar-refractivity contribution >= 4 is 5.91 Å². The fourth-order valence-electron chi connectivity index (χ4n) is 3.87. The fraction of sp³-hybridized carbons (Fsp3) is 0.733. The van der Waals surface area contributed by atoms with Gasteiger partial charge in [-0.15, -0.1) is 0 Å². The van der Waals surface area contributed by atoms with Crippen LogP contribution in [0.1, 0.15) is 29.8 Å². The smallest absolute Gasteiger partial charge is 0.274 e. The highest BCUT2D eigenvalue weighted by atomic mass is 16.5. The van der Waals surface area contributed by atoms with Crippen LogP contribution in [0.5, 0.6) is 0 Å². The van der Waals surface area contributed by atoms with Gasteiger partial charge in [-0.2, -0.15) is 5.10 Å². The molecule has 6 heteroatoms. The van der Waals surface area contributed by atoms with Crippen LogP contribution >= 0.6 is 0 Å². The maximum absolute atomic E-state index is 12.3. The van der Waals surface area contributed by atoms with Crippen molar-refractivity contribution in [3.8, 4) is 0 Å². The lowest BCUT2D eigenvalue weighted by atomic mass is 9.89. The maximum Gasteiger partial charge on any atom is 0.274 e. The highest BCUT2D eigenvalue weighted by Crippen LogP contribution is 2.38. The molecule has 3 saturated heterocycles. The normalized spacial score (nSPS) is 28.2. The van der Waals surface area contributed by atoms with Gasteiger partial charge < -0.3 is 9.64 Å². The Morgan fingerprint density at radius 1 is 1.38 bits per heavy atom. The number of hydrogen-bond donors (Lipinski definition) is 0. The van der Waals surface area contributed by atoms with E-state index in [2.05, 4.69) is 10.00 Å². The predicted molar refractivity (Wildman–Crippen MR) is 77.0 cm³/mol. The van der Waals surface area contributed by atoms with Crippen molar-refractivity contribution in [2.24, 2.45) is 7.05 Å². The number of aromatic nitrogens is 2. The zero-order valence-electron chi connectivity index (χ0n) is 12.5. The molecule has 0 radical (unpaired) electrons. The molecular weight excluding hydrogens is 268 g/mol. The first kappa shape index (κ1) is 13.3. The molecule has 0 aromatic carbocycles. The summed E-state index contributed by atoms with van der Waals surface area (Å²) in [6, 6.07) is 2.33. The fourth-order valence-corrected chi connectivity index (χ4v) is 3.87. The number of likely N-dealkylation sites (tertiary alicyclic amines) is 2. The summed E-state index contributed by atoms with van der Waals surface area (Å²) in [5.74, 6) is 0.0226. The molecule has 3 aliphatic heterocycles. The number of rotatable bonds is 2. The zero-order valence-corrected chi connectivity index (χ0v) is 12.5. The maximum atomic E-state index is 12.3. The topological polar surface area (TPSA) is 50.6 Å². The number of amides is 1. The molecule has 6 nitrogen and oxygen atoms in total. The van der Waals surface area contributed by atoms with Crippen LogP contribution in [-0.2, 0) is 11.8 Å². The third kappa shape index (κ3) is 2.26. The quantitative estimate of drug-likeness (QED) is 0.796. The molecule has 4 rings (SSSR count). The summed E-state index contributed by atoms with van der Waals surface area (Å²) >= 11 is 0. The van der Waals surface area contributed by atoms with E-state index in [9.17, 15) is 4.79 Å². The molecule has 21 heavy (non-hydrogen) atoms. The van der Waals surface area contributed by atoms with Crippen LogP contribution in [-0.4, -0.2) is 69.9 Å². The van der Waals surface area contributed by atoms with Crippen LogP contribution in [0.15, 0.2) is 12.3 Å². The summed E-state index contributed by atoms with van der Waals surface area (Å²) < 4.78 is 7.73. The number of carbonyl (C=O) groups excluding carboxylic acids is 1. The monoisotopic (exact) mass is 290 g/mol. The van der Waals surface area contributed by atoms with E-state index in [1.807, 2.05) is 11.9 Å². The van der Waals surface area contributed by atoms with Gasteiger partial charge in [0.15, 0.2) is 0 Å². The minimum Gasteiger partial charge on any atom is -0.370 e. The first-order chi connectivity index (χ1) is 10.2. The van der Waals surface area contributed by atoms with Crippen molar-refractivity contribution in [3.63, 3.8) is 0 Å². The molecule has 3 aliphatic rings. The van der Waals surface area contributed by atoms with E-state index in [0.717, 1.165) is 13.0 Å².